The van der Waals surface area contributed by atoms with E-state index in [9.17, 15) is 9.18 Å². The molecule has 1 rings (SSSR count). The van der Waals surface area contributed by atoms with Crippen LogP contribution in [-0.2, 0) is 9.53 Å². The highest BCUT2D eigenvalue weighted by molar-refractivity contribution is 5.77. The van der Waals surface area contributed by atoms with Gasteiger partial charge in [0, 0.05) is 13.5 Å². The van der Waals surface area contributed by atoms with Crippen LogP contribution in [0.15, 0.2) is 24.3 Å². The standard InChI is InChI=1S/C13H18FNO3/c1-13(2,18-3)8-11(12(16)17)15-10-7-5-4-6-9(10)14/h4-7,11,15H,8H2,1-3H3,(H,16,17). The van der Waals surface area contributed by atoms with E-state index >= 15 is 0 Å². The highest BCUT2D eigenvalue weighted by Crippen LogP contribution is 2.20. The fourth-order valence-corrected chi connectivity index (χ4v) is 1.54. The Balaban J connectivity index is 2.82. The van der Waals surface area contributed by atoms with Gasteiger partial charge < -0.3 is 15.2 Å². The molecule has 0 amide bonds. The molecule has 0 aliphatic rings. The van der Waals surface area contributed by atoms with E-state index in [1.807, 2.05) is 0 Å². The Morgan fingerprint density at radius 2 is 2.11 bits per heavy atom. The number of rotatable bonds is 6. The Bertz CT molecular complexity index is 420. The molecule has 0 aliphatic heterocycles. The van der Waals surface area contributed by atoms with Gasteiger partial charge in [-0.1, -0.05) is 12.1 Å². The summed E-state index contributed by atoms with van der Waals surface area (Å²) in [4.78, 5) is 11.2. The third kappa shape index (κ3) is 4.00. The van der Waals surface area contributed by atoms with Gasteiger partial charge in [-0.3, -0.25) is 0 Å². The minimum Gasteiger partial charge on any atom is -0.480 e. The van der Waals surface area contributed by atoms with Crippen LogP contribution < -0.4 is 5.32 Å². The smallest absolute Gasteiger partial charge is 0.326 e. The maximum Gasteiger partial charge on any atom is 0.326 e. The van der Waals surface area contributed by atoms with Gasteiger partial charge in [0.15, 0.2) is 0 Å². The summed E-state index contributed by atoms with van der Waals surface area (Å²) in [6.07, 6.45) is 0.229. The quantitative estimate of drug-likeness (QED) is 0.820. The van der Waals surface area contributed by atoms with Crippen molar-refractivity contribution >= 4 is 11.7 Å². The van der Waals surface area contributed by atoms with Gasteiger partial charge in [0.2, 0.25) is 0 Å². The van der Waals surface area contributed by atoms with E-state index in [1.165, 1.54) is 19.2 Å². The van der Waals surface area contributed by atoms with Gasteiger partial charge in [0.25, 0.3) is 0 Å². The summed E-state index contributed by atoms with van der Waals surface area (Å²) in [6.45, 7) is 3.57. The lowest BCUT2D eigenvalue weighted by atomic mass is 9.98. The van der Waals surface area contributed by atoms with E-state index in [1.54, 1.807) is 26.0 Å². The highest BCUT2D eigenvalue weighted by Gasteiger charge is 2.28. The van der Waals surface area contributed by atoms with Gasteiger partial charge in [-0.15, -0.1) is 0 Å². The Morgan fingerprint density at radius 3 is 2.61 bits per heavy atom. The van der Waals surface area contributed by atoms with Crippen LogP contribution in [0.2, 0.25) is 0 Å². The van der Waals surface area contributed by atoms with E-state index in [-0.39, 0.29) is 12.1 Å². The van der Waals surface area contributed by atoms with Crippen LogP contribution in [0.1, 0.15) is 20.3 Å². The summed E-state index contributed by atoms with van der Waals surface area (Å²) >= 11 is 0. The molecule has 0 aromatic heterocycles. The molecular weight excluding hydrogens is 237 g/mol. The van der Waals surface area contributed by atoms with Crippen molar-refractivity contribution in [2.45, 2.75) is 31.9 Å². The van der Waals surface area contributed by atoms with Crippen LogP contribution >= 0.6 is 0 Å². The fourth-order valence-electron chi connectivity index (χ4n) is 1.54. The number of nitrogens with one attached hydrogen (secondary N) is 1. The van der Waals surface area contributed by atoms with Crippen LogP contribution in [0, 0.1) is 5.82 Å². The molecule has 0 heterocycles. The number of para-hydroxylation sites is 1. The molecule has 1 aromatic carbocycles. The third-order valence-electron chi connectivity index (χ3n) is 2.75. The summed E-state index contributed by atoms with van der Waals surface area (Å²) in [6, 6.07) is 5.08. The average Bonchev–Trinajstić information content (AvgIpc) is 2.30. The first-order valence-corrected chi connectivity index (χ1v) is 5.65. The summed E-state index contributed by atoms with van der Waals surface area (Å²) in [5.74, 6) is -1.51. The second kappa shape index (κ2) is 5.82. The van der Waals surface area contributed by atoms with Crippen LogP contribution in [0.25, 0.3) is 0 Å². The number of ether oxygens (including phenoxy) is 1. The first kappa shape index (κ1) is 14.4. The summed E-state index contributed by atoms with van der Waals surface area (Å²) < 4.78 is 18.6. The second-order valence-electron chi connectivity index (χ2n) is 4.68. The van der Waals surface area contributed by atoms with E-state index in [2.05, 4.69) is 5.32 Å². The van der Waals surface area contributed by atoms with Crippen molar-refractivity contribution in [3.63, 3.8) is 0 Å². The lowest BCUT2D eigenvalue weighted by Gasteiger charge is -2.27. The first-order valence-electron chi connectivity index (χ1n) is 5.65. The molecule has 1 aromatic rings. The molecule has 0 aliphatic carbocycles. The number of anilines is 1. The second-order valence-corrected chi connectivity index (χ2v) is 4.68. The normalized spacial score (nSPS) is 13.1. The van der Waals surface area contributed by atoms with Crippen LogP contribution in [0.3, 0.4) is 0 Å². The molecule has 0 saturated carbocycles. The zero-order chi connectivity index (χ0) is 13.8. The maximum atomic E-state index is 13.4. The Morgan fingerprint density at radius 1 is 1.50 bits per heavy atom. The number of carbonyl (C=O) groups is 1. The third-order valence-corrected chi connectivity index (χ3v) is 2.75. The van der Waals surface area contributed by atoms with Gasteiger partial charge in [-0.2, -0.15) is 0 Å². The van der Waals surface area contributed by atoms with Gasteiger partial charge in [0.05, 0.1) is 11.3 Å². The first-order chi connectivity index (χ1) is 8.35. The monoisotopic (exact) mass is 255 g/mol. The van der Waals surface area contributed by atoms with E-state index in [0.717, 1.165) is 0 Å². The molecule has 5 heteroatoms. The average molecular weight is 255 g/mol. The van der Waals surface area contributed by atoms with E-state index < -0.39 is 23.4 Å². The molecule has 100 valence electrons. The molecular formula is C13H18FNO3. The lowest BCUT2D eigenvalue weighted by Crippen LogP contribution is -2.38. The molecule has 0 bridgehead atoms. The topological polar surface area (TPSA) is 58.6 Å². The number of aliphatic carboxylic acids is 1. The summed E-state index contributed by atoms with van der Waals surface area (Å²) in [5, 5.41) is 11.8. The van der Waals surface area contributed by atoms with Crippen LogP contribution in [0.4, 0.5) is 10.1 Å². The van der Waals surface area contributed by atoms with Crippen LogP contribution in [-0.4, -0.2) is 29.8 Å². The molecule has 18 heavy (non-hydrogen) atoms. The van der Waals surface area contributed by atoms with E-state index in [0.29, 0.717) is 0 Å². The zero-order valence-corrected chi connectivity index (χ0v) is 10.7. The molecule has 1 unspecified atom stereocenters. The van der Waals surface area contributed by atoms with Crippen molar-refractivity contribution < 1.29 is 19.0 Å². The largest absolute Gasteiger partial charge is 0.480 e. The fraction of sp³-hybridized carbons (Fsp3) is 0.462. The number of carboxylic acid groups (broad SMARTS) is 1. The van der Waals surface area contributed by atoms with Crippen molar-refractivity contribution in [2.75, 3.05) is 12.4 Å². The zero-order valence-electron chi connectivity index (χ0n) is 10.7. The van der Waals surface area contributed by atoms with Crippen molar-refractivity contribution in [1.82, 2.24) is 0 Å². The van der Waals surface area contributed by atoms with Gasteiger partial charge in [0.1, 0.15) is 11.9 Å². The highest BCUT2D eigenvalue weighted by atomic mass is 19.1. The predicted octanol–water partition coefficient (Wildman–Crippen LogP) is 2.51. The minimum atomic E-state index is -1.04. The Hall–Kier alpha value is -1.62. The number of benzene rings is 1. The Kier molecular flexibility index (Phi) is 4.67. The molecule has 4 nitrogen and oxygen atoms in total. The van der Waals surface area contributed by atoms with Gasteiger partial charge >= 0.3 is 5.97 Å². The maximum absolute atomic E-state index is 13.4. The Labute approximate surface area is 106 Å². The van der Waals surface area contributed by atoms with Crippen molar-refractivity contribution in [1.29, 1.82) is 0 Å². The summed E-state index contributed by atoms with van der Waals surface area (Å²) in [7, 11) is 1.52. The van der Waals surface area contributed by atoms with Gasteiger partial charge in [-0.25, -0.2) is 9.18 Å². The van der Waals surface area contributed by atoms with E-state index in [4.69, 9.17) is 9.84 Å². The number of halogens is 1. The summed E-state index contributed by atoms with van der Waals surface area (Å²) in [5.41, 5.74) is -0.418. The molecule has 0 saturated heterocycles. The van der Waals surface area contributed by atoms with Crippen LogP contribution in [0.5, 0.6) is 0 Å². The number of carboxylic acids is 1. The predicted molar refractivity (Wildman–Crippen MR) is 67.2 cm³/mol. The van der Waals surface area contributed by atoms with Crippen molar-refractivity contribution in [2.24, 2.45) is 0 Å². The van der Waals surface area contributed by atoms with Crippen molar-refractivity contribution in [3.8, 4) is 0 Å². The molecule has 0 radical (unpaired) electrons. The lowest BCUT2D eigenvalue weighted by molar-refractivity contribution is -0.139. The molecule has 1 atom stereocenters. The molecule has 0 fully saturated rings. The molecule has 0 spiro atoms. The van der Waals surface area contributed by atoms with Crippen molar-refractivity contribution in [3.05, 3.63) is 30.1 Å². The number of methoxy groups -OCH3 is 1. The SMILES string of the molecule is COC(C)(C)CC(Nc1ccccc1F)C(=O)O. The number of hydrogen-bond acceptors (Lipinski definition) is 3. The number of hydrogen-bond donors (Lipinski definition) is 2. The minimum absolute atomic E-state index is 0.178. The molecule has 2 N–H and O–H groups in total. The van der Waals surface area contributed by atoms with Gasteiger partial charge in [-0.05, 0) is 26.0 Å².